The van der Waals surface area contributed by atoms with E-state index in [9.17, 15) is 4.79 Å². The van der Waals surface area contributed by atoms with Crippen LogP contribution in [0.25, 0.3) is 0 Å². The second-order valence-electron chi connectivity index (χ2n) is 10.0. The summed E-state index contributed by atoms with van der Waals surface area (Å²) < 4.78 is 11.7. The van der Waals surface area contributed by atoms with Gasteiger partial charge in [0.25, 0.3) is 0 Å². The van der Waals surface area contributed by atoms with Crippen LogP contribution >= 0.6 is 0 Å². The summed E-state index contributed by atoms with van der Waals surface area (Å²) in [5.74, 6) is 3.21. The highest BCUT2D eigenvalue weighted by atomic mass is 16.5. The van der Waals surface area contributed by atoms with Crippen molar-refractivity contribution in [2.24, 2.45) is 29.1 Å². The van der Waals surface area contributed by atoms with Crippen LogP contribution in [0.5, 0.6) is 5.75 Å². The molecule has 0 amide bonds. The number of ether oxygens (including phenoxy) is 2. The number of Topliss-reactive ketones (excluding diaryl/α,β-unsaturated/α-hetero) is 1. The molecule has 0 aliphatic heterocycles. The molecule has 2 saturated carbocycles. The molecule has 1 aromatic rings. The third kappa shape index (κ3) is 3.01. The number of carbonyl (C=O) groups excluding carboxylic acids is 1. The quantitative estimate of drug-likeness (QED) is 0.679. The zero-order valence-electron chi connectivity index (χ0n) is 18.0. The Morgan fingerprint density at radius 2 is 1.86 bits per heavy atom. The van der Waals surface area contributed by atoms with E-state index < -0.39 is 0 Å². The van der Waals surface area contributed by atoms with Crippen molar-refractivity contribution in [1.29, 1.82) is 0 Å². The highest BCUT2D eigenvalue weighted by Gasteiger charge is 2.63. The van der Waals surface area contributed by atoms with Crippen molar-refractivity contribution >= 4 is 5.78 Å². The number of hydrogen-bond acceptors (Lipinski definition) is 3. The molecule has 0 radical (unpaired) electrons. The molecule has 5 atom stereocenters. The Morgan fingerprint density at radius 3 is 2.59 bits per heavy atom. The molecule has 2 fully saturated rings. The Kier molecular flexibility index (Phi) is 4.51. The first-order chi connectivity index (χ1) is 13.9. The predicted molar refractivity (Wildman–Crippen MR) is 114 cm³/mol. The summed E-state index contributed by atoms with van der Waals surface area (Å²) in [5.41, 5.74) is 5.09. The molecule has 1 aromatic carbocycles. The van der Waals surface area contributed by atoms with Crippen molar-refractivity contribution in [2.75, 3.05) is 7.11 Å². The van der Waals surface area contributed by atoms with E-state index in [2.05, 4.69) is 32.1 Å². The summed E-state index contributed by atoms with van der Waals surface area (Å²) in [5, 5.41) is 0. The van der Waals surface area contributed by atoms with Crippen molar-refractivity contribution in [3.05, 3.63) is 52.6 Å². The van der Waals surface area contributed by atoms with Crippen LogP contribution in [0, 0.1) is 29.1 Å². The van der Waals surface area contributed by atoms with E-state index in [0.29, 0.717) is 41.5 Å². The van der Waals surface area contributed by atoms with Crippen molar-refractivity contribution in [2.45, 2.75) is 59.2 Å². The van der Waals surface area contributed by atoms with Crippen LogP contribution in [0.3, 0.4) is 0 Å². The van der Waals surface area contributed by atoms with Crippen LogP contribution in [0.15, 0.2) is 47.1 Å². The number of methoxy groups -OCH3 is 1. The number of ketones is 1. The molecule has 0 bridgehead atoms. The van der Waals surface area contributed by atoms with Crippen molar-refractivity contribution < 1.29 is 14.3 Å². The average Bonchev–Trinajstić information content (AvgIpc) is 3.11. The topological polar surface area (TPSA) is 35.5 Å². The maximum absolute atomic E-state index is 13.3. The number of fused-ring (bicyclic) bond motifs is 4. The molecular formula is C26H32O3. The lowest BCUT2D eigenvalue weighted by Crippen LogP contribution is -2.22. The van der Waals surface area contributed by atoms with Crippen molar-refractivity contribution in [1.82, 2.24) is 0 Å². The van der Waals surface area contributed by atoms with Gasteiger partial charge in [-0.25, -0.2) is 0 Å². The van der Waals surface area contributed by atoms with E-state index in [0.717, 1.165) is 30.6 Å². The van der Waals surface area contributed by atoms with Crippen LogP contribution in [-0.4, -0.2) is 19.0 Å². The van der Waals surface area contributed by atoms with Gasteiger partial charge in [0.1, 0.15) is 5.75 Å². The van der Waals surface area contributed by atoms with Gasteiger partial charge < -0.3 is 9.47 Å². The van der Waals surface area contributed by atoms with Gasteiger partial charge in [-0.3, -0.25) is 4.79 Å². The fourth-order valence-electron chi connectivity index (χ4n) is 6.49. The van der Waals surface area contributed by atoms with E-state index >= 15 is 0 Å². The fraction of sp³-hybridized carbons (Fsp3) is 0.577. The Hall–Kier alpha value is -1.87. The maximum atomic E-state index is 13.3. The summed E-state index contributed by atoms with van der Waals surface area (Å²) in [6.07, 6.45) is 7.04. The molecule has 0 saturated heterocycles. The lowest BCUT2D eigenvalue weighted by molar-refractivity contribution is -0.112. The minimum atomic E-state index is 0.196. The molecule has 0 spiro atoms. The van der Waals surface area contributed by atoms with Crippen molar-refractivity contribution in [3.63, 3.8) is 0 Å². The first-order valence-corrected chi connectivity index (χ1v) is 11.1. The lowest BCUT2D eigenvalue weighted by Gasteiger charge is -2.26. The van der Waals surface area contributed by atoms with Crippen LogP contribution in [0.2, 0.25) is 0 Å². The Morgan fingerprint density at radius 1 is 1.10 bits per heavy atom. The van der Waals surface area contributed by atoms with Gasteiger partial charge in [0, 0.05) is 11.5 Å². The summed E-state index contributed by atoms with van der Waals surface area (Å²) in [7, 11) is 1.69. The monoisotopic (exact) mass is 392 g/mol. The standard InChI is InChI=1S/C26H32O3/c1-15-13-20-18(19-9-11-21-24(26(21,2)3)23(19)25(15)27)10-12-22(20)29-14-16-5-7-17(28-4)8-6-16/h5-8,13,18,20-22,24H,9-12,14H2,1-4H3/t18-,20?,21+,22-,24+/m0/s1. The molecule has 154 valence electrons. The van der Waals surface area contributed by atoms with Gasteiger partial charge >= 0.3 is 0 Å². The average molecular weight is 393 g/mol. The maximum Gasteiger partial charge on any atom is 0.184 e. The van der Waals surface area contributed by atoms with E-state index in [1.165, 1.54) is 23.1 Å². The minimum Gasteiger partial charge on any atom is -0.497 e. The van der Waals surface area contributed by atoms with E-state index in [1.807, 2.05) is 19.1 Å². The second-order valence-corrected chi connectivity index (χ2v) is 10.0. The molecule has 3 heteroatoms. The van der Waals surface area contributed by atoms with Gasteiger partial charge in [-0.1, -0.05) is 37.6 Å². The molecule has 5 rings (SSSR count). The lowest BCUT2D eigenvalue weighted by atomic mass is 9.79. The van der Waals surface area contributed by atoms with Gasteiger partial charge in [-0.15, -0.1) is 0 Å². The Labute approximate surface area is 174 Å². The van der Waals surface area contributed by atoms with E-state index in [-0.39, 0.29) is 6.10 Å². The third-order valence-corrected chi connectivity index (χ3v) is 8.20. The Balaban J connectivity index is 1.38. The molecule has 0 heterocycles. The molecule has 29 heavy (non-hydrogen) atoms. The van der Waals surface area contributed by atoms with Gasteiger partial charge in [-0.2, -0.15) is 0 Å². The highest BCUT2D eigenvalue weighted by molar-refractivity contribution is 6.09. The van der Waals surface area contributed by atoms with Crippen molar-refractivity contribution in [3.8, 4) is 5.75 Å². The normalized spacial score (nSPS) is 34.7. The first-order valence-electron chi connectivity index (χ1n) is 11.1. The molecule has 4 aliphatic rings. The molecule has 4 aliphatic carbocycles. The molecular weight excluding hydrogens is 360 g/mol. The summed E-state index contributed by atoms with van der Waals surface area (Å²) in [4.78, 5) is 13.3. The minimum absolute atomic E-state index is 0.196. The van der Waals surface area contributed by atoms with Crippen LogP contribution in [-0.2, 0) is 16.1 Å². The largest absolute Gasteiger partial charge is 0.497 e. The molecule has 0 aromatic heterocycles. The van der Waals surface area contributed by atoms with E-state index in [4.69, 9.17) is 9.47 Å². The van der Waals surface area contributed by atoms with Crippen LogP contribution < -0.4 is 4.74 Å². The Bertz CT molecular complexity index is 889. The molecule has 3 nitrogen and oxygen atoms in total. The van der Waals surface area contributed by atoms with E-state index in [1.54, 1.807) is 7.11 Å². The van der Waals surface area contributed by atoms with Crippen LogP contribution in [0.4, 0.5) is 0 Å². The zero-order chi connectivity index (χ0) is 20.3. The summed E-state index contributed by atoms with van der Waals surface area (Å²) in [6.45, 7) is 7.33. The number of allylic oxidation sites excluding steroid dienone is 3. The van der Waals surface area contributed by atoms with Gasteiger partial charge in [0.15, 0.2) is 5.78 Å². The second kappa shape index (κ2) is 6.84. The number of hydrogen-bond donors (Lipinski definition) is 0. The number of benzene rings is 1. The number of rotatable bonds is 4. The zero-order valence-corrected chi connectivity index (χ0v) is 18.0. The molecule has 1 unspecified atom stereocenters. The van der Waals surface area contributed by atoms with Crippen LogP contribution in [0.1, 0.15) is 52.0 Å². The van der Waals surface area contributed by atoms with Gasteiger partial charge in [-0.05, 0) is 79.0 Å². The summed E-state index contributed by atoms with van der Waals surface area (Å²) in [6, 6.07) is 8.11. The highest BCUT2D eigenvalue weighted by Crippen LogP contribution is 2.68. The van der Waals surface area contributed by atoms with Gasteiger partial charge in [0.05, 0.1) is 19.8 Å². The predicted octanol–water partition coefficient (Wildman–Crippen LogP) is 5.50. The molecule has 0 N–H and O–H groups in total. The third-order valence-electron chi connectivity index (χ3n) is 8.20. The van der Waals surface area contributed by atoms with Gasteiger partial charge in [0.2, 0.25) is 0 Å². The smallest absolute Gasteiger partial charge is 0.184 e. The number of carbonyl (C=O) groups is 1. The SMILES string of the molecule is COc1ccc(CO[C@H]2CC[C@H]3C4=C(C(=O)C(C)=CC23)[C@H]2[C@@H](CC4)C2(C)C)cc1. The first kappa shape index (κ1) is 19.1. The summed E-state index contributed by atoms with van der Waals surface area (Å²) >= 11 is 0. The fourth-order valence-corrected chi connectivity index (χ4v) is 6.49.